The van der Waals surface area contributed by atoms with Gasteiger partial charge in [0.2, 0.25) is 5.91 Å². The Labute approximate surface area is 147 Å². The van der Waals surface area contributed by atoms with Crippen molar-refractivity contribution in [2.75, 3.05) is 23.8 Å². The van der Waals surface area contributed by atoms with Crippen LogP contribution in [0.2, 0.25) is 0 Å². The number of fused-ring (bicyclic) bond motifs is 1. The number of hydrogen-bond donors (Lipinski definition) is 2. The van der Waals surface area contributed by atoms with Gasteiger partial charge in [-0.05, 0) is 35.0 Å². The zero-order valence-electron chi connectivity index (χ0n) is 13.9. The van der Waals surface area contributed by atoms with Crippen molar-refractivity contribution in [3.63, 3.8) is 0 Å². The fourth-order valence-corrected chi connectivity index (χ4v) is 2.51. The number of nitrogens with one attached hydrogen (secondary N) is 2. The Balaban J connectivity index is 1.57. The van der Waals surface area contributed by atoms with Crippen LogP contribution in [0.1, 0.15) is 0 Å². The Morgan fingerprint density at radius 2 is 1.80 bits per heavy atom. The summed E-state index contributed by atoms with van der Waals surface area (Å²) in [6, 6.07) is 21.5. The molecule has 4 heteroatoms. The van der Waals surface area contributed by atoms with Crippen molar-refractivity contribution in [2.45, 2.75) is 0 Å². The predicted molar refractivity (Wildman–Crippen MR) is 103 cm³/mol. The second-order valence-electron chi connectivity index (χ2n) is 5.59. The van der Waals surface area contributed by atoms with E-state index in [-0.39, 0.29) is 12.5 Å². The van der Waals surface area contributed by atoms with Crippen molar-refractivity contribution in [1.82, 2.24) is 0 Å². The Bertz CT molecular complexity index is 890. The zero-order valence-corrected chi connectivity index (χ0v) is 13.9. The molecule has 0 atom stereocenters. The highest BCUT2D eigenvalue weighted by molar-refractivity contribution is 5.94. The molecular formula is C21H20N2O2. The lowest BCUT2D eigenvalue weighted by Crippen LogP contribution is -2.21. The van der Waals surface area contributed by atoms with Gasteiger partial charge in [-0.25, -0.2) is 0 Å². The molecule has 0 aliphatic heterocycles. The van der Waals surface area contributed by atoms with Crippen molar-refractivity contribution >= 4 is 28.1 Å². The lowest BCUT2D eigenvalue weighted by atomic mass is 10.1. The summed E-state index contributed by atoms with van der Waals surface area (Å²) in [7, 11) is 0. The number of ether oxygens (including phenoxy) is 1. The van der Waals surface area contributed by atoms with E-state index >= 15 is 0 Å². The summed E-state index contributed by atoms with van der Waals surface area (Å²) in [5.74, 6) is 0.578. The third-order valence-electron chi connectivity index (χ3n) is 3.69. The molecule has 25 heavy (non-hydrogen) atoms. The number of rotatable bonds is 7. The molecule has 0 aliphatic rings. The Kier molecular flexibility index (Phi) is 5.32. The molecule has 3 aromatic rings. The second-order valence-corrected chi connectivity index (χ2v) is 5.59. The molecule has 0 aliphatic carbocycles. The van der Waals surface area contributed by atoms with Crippen molar-refractivity contribution in [2.24, 2.45) is 0 Å². The molecule has 3 aromatic carbocycles. The van der Waals surface area contributed by atoms with Gasteiger partial charge >= 0.3 is 0 Å². The van der Waals surface area contributed by atoms with Crippen molar-refractivity contribution in [3.05, 3.63) is 79.4 Å². The molecule has 0 saturated carbocycles. The average molecular weight is 332 g/mol. The van der Waals surface area contributed by atoms with E-state index in [0.717, 1.165) is 11.1 Å². The fraction of sp³-hybridized carbons (Fsp3) is 0.0952. The van der Waals surface area contributed by atoms with E-state index < -0.39 is 0 Å². The third kappa shape index (κ3) is 4.61. The maximum atomic E-state index is 12.1. The van der Waals surface area contributed by atoms with E-state index in [1.54, 1.807) is 12.1 Å². The van der Waals surface area contributed by atoms with Gasteiger partial charge in [-0.1, -0.05) is 49.1 Å². The van der Waals surface area contributed by atoms with Crippen LogP contribution in [0.25, 0.3) is 10.8 Å². The number of hydrogen-bond acceptors (Lipinski definition) is 3. The molecule has 0 spiro atoms. The van der Waals surface area contributed by atoms with Crippen LogP contribution in [-0.4, -0.2) is 19.1 Å². The standard InChI is InChI=1S/C21H20N2O2/c1-2-12-25-20-9-5-8-19(14-20)23-21(24)15-22-18-11-10-16-6-3-4-7-17(16)13-18/h2-11,13-14,22H,1,12,15H2,(H,23,24). The first-order valence-electron chi connectivity index (χ1n) is 8.11. The number of anilines is 2. The minimum Gasteiger partial charge on any atom is -0.489 e. The van der Waals surface area contributed by atoms with Gasteiger partial charge in [-0.2, -0.15) is 0 Å². The van der Waals surface area contributed by atoms with Crippen LogP contribution in [0.3, 0.4) is 0 Å². The number of carbonyl (C=O) groups excluding carboxylic acids is 1. The molecule has 0 aromatic heterocycles. The molecule has 4 nitrogen and oxygen atoms in total. The minimum absolute atomic E-state index is 0.117. The van der Waals surface area contributed by atoms with E-state index in [2.05, 4.69) is 29.3 Å². The molecule has 0 unspecified atom stereocenters. The molecular weight excluding hydrogens is 312 g/mol. The third-order valence-corrected chi connectivity index (χ3v) is 3.69. The zero-order chi connectivity index (χ0) is 17.5. The van der Waals surface area contributed by atoms with Crippen LogP contribution >= 0.6 is 0 Å². The van der Waals surface area contributed by atoms with E-state index in [0.29, 0.717) is 18.0 Å². The normalized spacial score (nSPS) is 10.2. The Morgan fingerprint density at radius 1 is 0.960 bits per heavy atom. The first-order valence-corrected chi connectivity index (χ1v) is 8.11. The molecule has 0 bridgehead atoms. The second kappa shape index (κ2) is 8.02. The summed E-state index contributed by atoms with van der Waals surface area (Å²) in [4.78, 5) is 12.1. The van der Waals surface area contributed by atoms with Crippen LogP contribution in [0.5, 0.6) is 5.75 Å². The Hall–Kier alpha value is -3.27. The van der Waals surface area contributed by atoms with Gasteiger partial charge in [-0.15, -0.1) is 0 Å². The first kappa shape index (κ1) is 16.6. The lowest BCUT2D eigenvalue weighted by molar-refractivity contribution is -0.114. The SMILES string of the molecule is C=CCOc1cccc(NC(=O)CNc2ccc3ccccc3c2)c1. The summed E-state index contributed by atoms with van der Waals surface area (Å²) in [6.45, 7) is 4.24. The maximum Gasteiger partial charge on any atom is 0.243 e. The van der Waals surface area contributed by atoms with E-state index in [1.165, 1.54) is 5.39 Å². The first-order chi connectivity index (χ1) is 12.2. The Morgan fingerprint density at radius 3 is 2.64 bits per heavy atom. The lowest BCUT2D eigenvalue weighted by Gasteiger charge is -2.10. The van der Waals surface area contributed by atoms with Crippen molar-refractivity contribution in [1.29, 1.82) is 0 Å². The van der Waals surface area contributed by atoms with Gasteiger partial charge in [0.15, 0.2) is 0 Å². The van der Waals surface area contributed by atoms with Crippen LogP contribution in [0.4, 0.5) is 11.4 Å². The highest BCUT2D eigenvalue weighted by Crippen LogP contribution is 2.19. The van der Waals surface area contributed by atoms with Crippen LogP contribution in [0, 0.1) is 0 Å². The van der Waals surface area contributed by atoms with Crippen LogP contribution < -0.4 is 15.4 Å². The molecule has 0 saturated heterocycles. The van der Waals surface area contributed by atoms with Gasteiger partial charge in [0.1, 0.15) is 12.4 Å². The highest BCUT2D eigenvalue weighted by Gasteiger charge is 2.04. The maximum absolute atomic E-state index is 12.1. The van der Waals surface area contributed by atoms with Gasteiger partial charge in [-0.3, -0.25) is 4.79 Å². The van der Waals surface area contributed by atoms with Gasteiger partial charge in [0.05, 0.1) is 6.54 Å². The van der Waals surface area contributed by atoms with Crippen LogP contribution in [-0.2, 0) is 4.79 Å². The summed E-state index contributed by atoms with van der Waals surface area (Å²) in [5.41, 5.74) is 1.61. The van der Waals surface area contributed by atoms with Gasteiger partial charge in [0.25, 0.3) is 0 Å². The topological polar surface area (TPSA) is 50.4 Å². The van der Waals surface area contributed by atoms with Gasteiger partial charge in [0, 0.05) is 17.4 Å². The highest BCUT2D eigenvalue weighted by atomic mass is 16.5. The molecule has 126 valence electrons. The fourth-order valence-electron chi connectivity index (χ4n) is 2.51. The average Bonchev–Trinajstić information content (AvgIpc) is 2.65. The quantitative estimate of drug-likeness (QED) is 0.628. The predicted octanol–water partition coefficient (Wildman–Crippen LogP) is 4.46. The van der Waals surface area contributed by atoms with E-state index in [9.17, 15) is 4.79 Å². The summed E-state index contributed by atoms with van der Waals surface area (Å²) in [6.07, 6.45) is 1.68. The summed E-state index contributed by atoms with van der Waals surface area (Å²) in [5, 5.41) is 8.32. The van der Waals surface area contributed by atoms with Crippen molar-refractivity contribution in [3.8, 4) is 5.75 Å². The molecule has 0 heterocycles. The molecule has 0 radical (unpaired) electrons. The molecule has 0 fully saturated rings. The van der Waals surface area contributed by atoms with E-state index in [1.807, 2.05) is 48.5 Å². The molecule has 2 N–H and O–H groups in total. The van der Waals surface area contributed by atoms with Gasteiger partial charge < -0.3 is 15.4 Å². The van der Waals surface area contributed by atoms with Crippen LogP contribution in [0.15, 0.2) is 79.4 Å². The summed E-state index contributed by atoms with van der Waals surface area (Å²) >= 11 is 0. The molecule has 3 rings (SSSR count). The minimum atomic E-state index is -0.117. The number of carbonyl (C=O) groups is 1. The smallest absolute Gasteiger partial charge is 0.243 e. The monoisotopic (exact) mass is 332 g/mol. The number of benzene rings is 3. The summed E-state index contributed by atoms with van der Waals surface area (Å²) < 4.78 is 5.46. The number of amides is 1. The van der Waals surface area contributed by atoms with Crippen molar-refractivity contribution < 1.29 is 9.53 Å². The molecule has 1 amide bonds. The van der Waals surface area contributed by atoms with E-state index in [4.69, 9.17) is 4.74 Å². The largest absolute Gasteiger partial charge is 0.489 e.